The van der Waals surface area contributed by atoms with E-state index in [1.54, 1.807) is 11.8 Å². The maximum atomic E-state index is 11.5. The maximum Gasteiger partial charge on any atom is 0.135 e. The van der Waals surface area contributed by atoms with Crippen LogP contribution in [0.1, 0.15) is 25.0 Å². The van der Waals surface area contributed by atoms with E-state index in [1.165, 1.54) is 0 Å². The van der Waals surface area contributed by atoms with Gasteiger partial charge in [-0.2, -0.15) is 0 Å². The van der Waals surface area contributed by atoms with Crippen LogP contribution < -0.4 is 0 Å². The first-order valence-corrected chi connectivity index (χ1v) is 8.16. The molecule has 0 unspecified atom stereocenters. The molecule has 3 heteroatoms. The van der Waals surface area contributed by atoms with E-state index in [0.29, 0.717) is 0 Å². The molecule has 0 amide bonds. The van der Waals surface area contributed by atoms with Crippen molar-refractivity contribution < 1.29 is 10.2 Å². The van der Waals surface area contributed by atoms with Crippen molar-refractivity contribution in [3.63, 3.8) is 0 Å². The molecule has 2 N–H and O–H groups in total. The molecule has 2 aromatic carbocycles. The second-order valence-electron chi connectivity index (χ2n) is 5.69. The Morgan fingerprint density at radius 2 is 1.05 bits per heavy atom. The molecule has 0 radical (unpaired) electrons. The lowest BCUT2D eigenvalue weighted by atomic mass is 9.70. The molecule has 2 aromatic rings. The van der Waals surface area contributed by atoms with Crippen LogP contribution >= 0.6 is 11.8 Å². The topological polar surface area (TPSA) is 40.5 Å². The van der Waals surface area contributed by atoms with Gasteiger partial charge < -0.3 is 10.2 Å². The normalized spacial score (nSPS) is 35.8. The van der Waals surface area contributed by atoms with E-state index in [0.717, 1.165) is 11.1 Å². The van der Waals surface area contributed by atoms with Crippen LogP contribution in [-0.2, 0) is 11.2 Å². The Hall–Kier alpha value is -1.29. The molecule has 0 spiro atoms. The van der Waals surface area contributed by atoms with E-state index in [2.05, 4.69) is 0 Å². The average molecular weight is 300 g/mol. The minimum atomic E-state index is -1.31. The molecule has 110 valence electrons. The Kier molecular flexibility index (Phi) is 3.60. The minimum Gasteiger partial charge on any atom is -0.381 e. The molecular weight excluding hydrogens is 280 g/mol. The maximum absolute atomic E-state index is 11.5. The standard InChI is InChI=1S/C18H20O2S/c1-13-17(19,15-9-5-3-6-10-15)18(20,14(2)21-13)16-11-7-4-8-12-16/h3-14,19-20H,1-2H3/t13-,14+,17-,18+. The number of thioether (sulfide) groups is 1. The molecule has 1 aliphatic rings. The van der Waals surface area contributed by atoms with Gasteiger partial charge in [-0.1, -0.05) is 74.5 Å². The lowest BCUT2D eigenvalue weighted by Crippen LogP contribution is -2.53. The SMILES string of the molecule is C[C@@H]1S[C@H](C)[C@@](O)(c2ccccc2)[C@@]1(O)c1ccccc1. The average Bonchev–Trinajstić information content (AvgIpc) is 2.71. The first-order chi connectivity index (χ1) is 10.0. The Bertz CT molecular complexity index is 560. The summed E-state index contributed by atoms with van der Waals surface area (Å²) in [7, 11) is 0. The molecule has 0 bridgehead atoms. The highest BCUT2D eigenvalue weighted by molar-refractivity contribution is 8.00. The molecule has 0 aliphatic carbocycles. The summed E-state index contributed by atoms with van der Waals surface area (Å²) in [6.45, 7) is 3.96. The molecule has 4 atom stereocenters. The molecule has 1 fully saturated rings. The summed E-state index contributed by atoms with van der Waals surface area (Å²) in [6, 6.07) is 19.0. The molecule has 21 heavy (non-hydrogen) atoms. The van der Waals surface area contributed by atoms with Crippen LogP contribution in [0, 0.1) is 0 Å². The Balaban J connectivity index is 2.21. The van der Waals surface area contributed by atoms with Crippen LogP contribution in [0.5, 0.6) is 0 Å². The van der Waals surface area contributed by atoms with Crippen LogP contribution in [-0.4, -0.2) is 20.7 Å². The highest BCUT2D eigenvalue weighted by atomic mass is 32.2. The van der Waals surface area contributed by atoms with Crippen LogP contribution in [0.15, 0.2) is 60.7 Å². The van der Waals surface area contributed by atoms with Crippen molar-refractivity contribution in [2.45, 2.75) is 35.5 Å². The Labute approximate surface area is 129 Å². The predicted octanol–water partition coefficient (Wildman–Crippen LogP) is 3.29. The Morgan fingerprint density at radius 3 is 1.38 bits per heavy atom. The van der Waals surface area contributed by atoms with Crippen molar-refractivity contribution in [1.29, 1.82) is 0 Å². The fourth-order valence-electron chi connectivity index (χ4n) is 3.42. The van der Waals surface area contributed by atoms with Crippen LogP contribution in [0.25, 0.3) is 0 Å². The summed E-state index contributed by atoms with van der Waals surface area (Å²) in [5, 5.41) is 22.8. The van der Waals surface area contributed by atoms with Gasteiger partial charge in [0, 0.05) is 10.5 Å². The Morgan fingerprint density at radius 1 is 0.714 bits per heavy atom. The van der Waals surface area contributed by atoms with E-state index in [-0.39, 0.29) is 10.5 Å². The lowest BCUT2D eigenvalue weighted by Gasteiger charge is -2.42. The summed E-state index contributed by atoms with van der Waals surface area (Å²) >= 11 is 1.62. The van der Waals surface area contributed by atoms with Gasteiger partial charge in [0.05, 0.1) is 0 Å². The highest BCUT2D eigenvalue weighted by Crippen LogP contribution is 2.58. The van der Waals surface area contributed by atoms with Gasteiger partial charge >= 0.3 is 0 Å². The van der Waals surface area contributed by atoms with Gasteiger partial charge in [0.1, 0.15) is 11.2 Å². The first kappa shape index (κ1) is 14.6. The van der Waals surface area contributed by atoms with E-state index in [1.807, 2.05) is 74.5 Å². The summed E-state index contributed by atoms with van der Waals surface area (Å²) in [5.41, 5.74) is -1.08. The number of rotatable bonds is 2. The zero-order valence-electron chi connectivity index (χ0n) is 12.2. The molecule has 1 heterocycles. The smallest absolute Gasteiger partial charge is 0.135 e. The van der Waals surface area contributed by atoms with Crippen LogP contribution in [0.3, 0.4) is 0 Å². The van der Waals surface area contributed by atoms with Crippen molar-refractivity contribution in [2.75, 3.05) is 0 Å². The lowest BCUT2D eigenvalue weighted by molar-refractivity contribution is -0.152. The fraction of sp³-hybridized carbons (Fsp3) is 0.333. The fourth-order valence-corrected chi connectivity index (χ4v) is 5.05. The van der Waals surface area contributed by atoms with Gasteiger partial charge in [-0.3, -0.25) is 0 Å². The van der Waals surface area contributed by atoms with E-state index < -0.39 is 11.2 Å². The first-order valence-electron chi connectivity index (χ1n) is 7.22. The van der Waals surface area contributed by atoms with Crippen LogP contribution in [0.4, 0.5) is 0 Å². The third-order valence-electron chi connectivity index (χ3n) is 4.59. The van der Waals surface area contributed by atoms with Gasteiger partial charge in [0.15, 0.2) is 0 Å². The number of hydrogen-bond donors (Lipinski definition) is 2. The number of aliphatic hydroxyl groups is 2. The number of hydrogen-bond acceptors (Lipinski definition) is 3. The molecule has 2 nitrogen and oxygen atoms in total. The van der Waals surface area contributed by atoms with E-state index in [9.17, 15) is 10.2 Å². The summed E-state index contributed by atoms with van der Waals surface area (Å²) in [4.78, 5) is 0. The molecule has 0 saturated carbocycles. The second kappa shape index (κ2) is 5.16. The highest BCUT2D eigenvalue weighted by Gasteiger charge is 2.63. The molecule has 1 aliphatic heterocycles. The van der Waals surface area contributed by atoms with Crippen molar-refractivity contribution in [3.8, 4) is 0 Å². The monoisotopic (exact) mass is 300 g/mol. The van der Waals surface area contributed by atoms with E-state index >= 15 is 0 Å². The summed E-state index contributed by atoms with van der Waals surface area (Å²) in [6.07, 6.45) is 0. The van der Waals surface area contributed by atoms with Crippen molar-refractivity contribution in [2.24, 2.45) is 0 Å². The zero-order chi connectivity index (χ0) is 15.1. The van der Waals surface area contributed by atoms with Crippen molar-refractivity contribution in [3.05, 3.63) is 71.8 Å². The van der Waals surface area contributed by atoms with E-state index in [4.69, 9.17) is 0 Å². The van der Waals surface area contributed by atoms with Gasteiger partial charge in [-0.05, 0) is 11.1 Å². The predicted molar refractivity (Wildman–Crippen MR) is 87.2 cm³/mol. The third kappa shape index (κ3) is 1.95. The second-order valence-corrected chi connectivity index (χ2v) is 7.37. The third-order valence-corrected chi connectivity index (χ3v) is 6.09. The van der Waals surface area contributed by atoms with Crippen LogP contribution in [0.2, 0.25) is 0 Å². The quantitative estimate of drug-likeness (QED) is 0.894. The van der Waals surface area contributed by atoms with Gasteiger partial charge in [0.25, 0.3) is 0 Å². The molecular formula is C18H20O2S. The summed E-state index contributed by atoms with van der Waals surface area (Å²) in [5.74, 6) is 0. The minimum absolute atomic E-state index is 0.0971. The van der Waals surface area contributed by atoms with Crippen molar-refractivity contribution in [1.82, 2.24) is 0 Å². The number of benzene rings is 2. The molecule has 0 aromatic heterocycles. The molecule has 1 saturated heterocycles. The largest absolute Gasteiger partial charge is 0.381 e. The van der Waals surface area contributed by atoms with Gasteiger partial charge in [-0.25, -0.2) is 0 Å². The van der Waals surface area contributed by atoms with Crippen molar-refractivity contribution >= 4 is 11.8 Å². The summed E-state index contributed by atoms with van der Waals surface area (Å²) < 4.78 is 0. The molecule has 3 rings (SSSR count). The zero-order valence-corrected chi connectivity index (χ0v) is 13.0. The van der Waals surface area contributed by atoms with Gasteiger partial charge in [-0.15, -0.1) is 11.8 Å². The van der Waals surface area contributed by atoms with Gasteiger partial charge in [0.2, 0.25) is 0 Å².